The number of nitrogens with zero attached hydrogens (tertiary/aromatic N) is 2. The van der Waals surface area contributed by atoms with Gasteiger partial charge in [-0.25, -0.2) is 4.98 Å². The molecule has 0 aliphatic carbocycles. The number of aliphatic hydroxyl groups excluding tert-OH is 1. The van der Waals surface area contributed by atoms with Crippen LogP contribution in [0, 0.1) is 0 Å². The van der Waals surface area contributed by atoms with Gasteiger partial charge in [-0.15, -0.1) is 11.8 Å². The van der Waals surface area contributed by atoms with Crippen molar-refractivity contribution >= 4 is 11.8 Å². The molecule has 0 saturated carbocycles. The lowest BCUT2D eigenvalue weighted by Gasteiger charge is -2.16. The maximum absolute atomic E-state index is 10.4. The van der Waals surface area contributed by atoms with Gasteiger partial charge in [0.25, 0.3) is 0 Å². The van der Waals surface area contributed by atoms with E-state index in [0.29, 0.717) is 0 Å². The molecule has 17 heavy (non-hydrogen) atoms. The number of benzene rings is 1. The van der Waals surface area contributed by atoms with Crippen LogP contribution in [0.25, 0.3) is 0 Å². The molecular weight excluding hydrogens is 232 g/mol. The predicted octanol–water partition coefficient (Wildman–Crippen LogP) is 2.17. The third kappa shape index (κ3) is 1.87. The monoisotopic (exact) mass is 246 g/mol. The molecule has 3 nitrogen and oxygen atoms in total. The van der Waals surface area contributed by atoms with E-state index in [1.54, 1.807) is 18.0 Å². The second kappa shape index (κ2) is 4.20. The zero-order chi connectivity index (χ0) is 11.8. The lowest BCUT2D eigenvalue weighted by molar-refractivity contribution is 0.162. The first-order valence-electron chi connectivity index (χ1n) is 5.65. The molecule has 88 valence electrons. The minimum absolute atomic E-state index is 0.175. The number of aryl methyl sites for hydroxylation is 1. The van der Waals surface area contributed by atoms with Crippen molar-refractivity contribution in [2.75, 3.05) is 0 Å². The number of rotatable bonds is 2. The Labute approximate surface area is 104 Å². The molecule has 1 aliphatic heterocycles. The van der Waals surface area contributed by atoms with Gasteiger partial charge < -0.3 is 9.67 Å². The van der Waals surface area contributed by atoms with Crippen LogP contribution in [-0.4, -0.2) is 19.9 Å². The van der Waals surface area contributed by atoms with Gasteiger partial charge in [0.05, 0.1) is 0 Å². The maximum Gasteiger partial charge on any atom is 0.138 e. The third-order valence-corrected chi connectivity index (χ3v) is 4.53. The first-order valence-corrected chi connectivity index (χ1v) is 6.53. The van der Waals surface area contributed by atoms with Gasteiger partial charge in [-0.1, -0.05) is 18.2 Å². The van der Waals surface area contributed by atoms with Crippen LogP contribution < -0.4 is 0 Å². The number of aliphatic hydroxyl groups is 1. The van der Waals surface area contributed by atoms with Crippen molar-refractivity contribution in [1.82, 2.24) is 9.55 Å². The number of hydrogen-bond acceptors (Lipinski definition) is 3. The highest BCUT2D eigenvalue weighted by Gasteiger charge is 2.30. The van der Waals surface area contributed by atoms with Gasteiger partial charge in [0.15, 0.2) is 0 Å². The highest BCUT2D eigenvalue weighted by Crippen LogP contribution is 2.41. The molecule has 0 bridgehead atoms. The summed E-state index contributed by atoms with van der Waals surface area (Å²) in [7, 11) is 1.91. The van der Waals surface area contributed by atoms with Gasteiger partial charge in [-0.05, 0) is 18.1 Å². The normalized spacial score (nSPS) is 20.2. The molecule has 1 N–H and O–H groups in total. The van der Waals surface area contributed by atoms with E-state index in [-0.39, 0.29) is 5.25 Å². The summed E-state index contributed by atoms with van der Waals surface area (Å²) in [5, 5.41) is 10.5. The first kappa shape index (κ1) is 10.9. The summed E-state index contributed by atoms with van der Waals surface area (Å²) >= 11 is 1.75. The van der Waals surface area contributed by atoms with Gasteiger partial charge >= 0.3 is 0 Å². The molecule has 0 radical (unpaired) electrons. The van der Waals surface area contributed by atoms with E-state index in [0.717, 1.165) is 12.2 Å². The third-order valence-electron chi connectivity index (χ3n) is 3.15. The summed E-state index contributed by atoms with van der Waals surface area (Å²) in [4.78, 5) is 5.51. The SMILES string of the molecule is Cn1ccnc1C(O)C1Cc2ccccc2S1. The van der Waals surface area contributed by atoms with Crippen LogP contribution in [0.3, 0.4) is 0 Å². The van der Waals surface area contributed by atoms with E-state index in [9.17, 15) is 5.11 Å². The van der Waals surface area contributed by atoms with Gasteiger partial charge in [0, 0.05) is 29.6 Å². The first-order chi connectivity index (χ1) is 8.25. The van der Waals surface area contributed by atoms with Crippen LogP contribution in [0.1, 0.15) is 17.5 Å². The summed E-state index contributed by atoms with van der Waals surface area (Å²) in [5.74, 6) is 0.746. The summed E-state index contributed by atoms with van der Waals surface area (Å²) in [5.41, 5.74) is 1.33. The molecule has 1 aromatic heterocycles. The second-order valence-electron chi connectivity index (χ2n) is 4.31. The summed E-state index contributed by atoms with van der Waals surface area (Å²) < 4.78 is 1.88. The molecule has 2 aromatic rings. The molecule has 3 rings (SSSR count). The molecule has 1 aromatic carbocycles. The second-order valence-corrected chi connectivity index (χ2v) is 5.59. The lowest BCUT2D eigenvalue weighted by atomic mass is 10.1. The van der Waals surface area contributed by atoms with E-state index in [4.69, 9.17) is 0 Å². The van der Waals surface area contributed by atoms with Crippen molar-refractivity contribution in [2.45, 2.75) is 22.7 Å². The highest BCUT2D eigenvalue weighted by atomic mass is 32.2. The van der Waals surface area contributed by atoms with Crippen molar-refractivity contribution in [2.24, 2.45) is 7.05 Å². The molecule has 2 heterocycles. The van der Waals surface area contributed by atoms with E-state index in [1.165, 1.54) is 10.5 Å². The molecule has 4 heteroatoms. The number of aromatic nitrogens is 2. The van der Waals surface area contributed by atoms with Crippen LogP contribution in [0.4, 0.5) is 0 Å². The largest absolute Gasteiger partial charge is 0.384 e. The number of hydrogen-bond donors (Lipinski definition) is 1. The Hall–Kier alpha value is -1.26. The van der Waals surface area contributed by atoms with Gasteiger partial charge in [0.1, 0.15) is 11.9 Å². The van der Waals surface area contributed by atoms with Crippen LogP contribution >= 0.6 is 11.8 Å². The van der Waals surface area contributed by atoms with E-state index in [2.05, 4.69) is 23.2 Å². The molecule has 0 fully saturated rings. The number of thioether (sulfide) groups is 1. The van der Waals surface area contributed by atoms with Crippen molar-refractivity contribution < 1.29 is 5.11 Å². The van der Waals surface area contributed by atoms with E-state index < -0.39 is 6.10 Å². The lowest BCUT2D eigenvalue weighted by Crippen LogP contribution is -2.18. The standard InChI is InChI=1S/C13H14N2OS/c1-15-7-6-14-13(15)12(16)11-8-9-4-2-3-5-10(9)17-11/h2-7,11-12,16H,8H2,1H3. The van der Waals surface area contributed by atoms with Crippen LogP contribution in [0.5, 0.6) is 0 Å². The van der Waals surface area contributed by atoms with E-state index in [1.807, 2.05) is 23.9 Å². The fourth-order valence-corrected chi connectivity index (χ4v) is 3.51. The summed E-state index contributed by atoms with van der Waals surface area (Å²) in [6.45, 7) is 0. The van der Waals surface area contributed by atoms with Crippen LogP contribution in [-0.2, 0) is 13.5 Å². The zero-order valence-corrected chi connectivity index (χ0v) is 10.4. The molecular formula is C13H14N2OS. The van der Waals surface area contributed by atoms with Crippen LogP contribution in [0.15, 0.2) is 41.6 Å². The Morgan fingerprint density at radius 3 is 3.00 bits per heavy atom. The van der Waals surface area contributed by atoms with Crippen molar-refractivity contribution in [1.29, 1.82) is 0 Å². The highest BCUT2D eigenvalue weighted by molar-refractivity contribution is 8.00. The topological polar surface area (TPSA) is 38.0 Å². The molecule has 2 unspecified atom stereocenters. The maximum atomic E-state index is 10.4. The van der Waals surface area contributed by atoms with E-state index >= 15 is 0 Å². The number of imidazole rings is 1. The summed E-state index contributed by atoms with van der Waals surface area (Å²) in [6.07, 6.45) is 4.00. The molecule has 0 amide bonds. The smallest absolute Gasteiger partial charge is 0.138 e. The van der Waals surface area contributed by atoms with Crippen molar-refractivity contribution in [3.05, 3.63) is 48.0 Å². The summed E-state index contributed by atoms with van der Waals surface area (Å²) in [6, 6.07) is 8.34. The van der Waals surface area contributed by atoms with Gasteiger partial charge in [-0.2, -0.15) is 0 Å². The predicted molar refractivity (Wildman–Crippen MR) is 68.0 cm³/mol. The Morgan fingerprint density at radius 2 is 2.29 bits per heavy atom. The van der Waals surface area contributed by atoms with Crippen molar-refractivity contribution in [3.8, 4) is 0 Å². The Kier molecular flexibility index (Phi) is 2.68. The molecule has 0 spiro atoms. The Bertz CT molecular complexity index is 513. The molecule has 2 atom stereocenters. The Balaban J connectivity index is 1.83. The van der Waals surface area contributed by atoms with Gasteiger partial charge in [0.2, 0.25) is 0 Å². The Morgan fingerprint density at radius 1 is 1.47 bits per heavy atom. The minimum atomic E-state index is -0.507. The zero-order valence-electron chi connectivity index (χ0n) is 9.58. The van der Waals surface area contributed by atoms with Crippen LogP contribution in [0.2, 0.25) is 0 Å². The average Bonchev–Trinajstić information content (AvgIpc) is 2.93. The fourth-order valence-electron chi connectivity index (χ4n) is 2.21. The van der Waals surface area contributed by atoms with Gasteiger partial charge in [-0.3, -0.25) is 0 Å². The molecule has 1 aliphatic rings. The molecule has 0 saturated heterocycles. The average molecular weight is 246 g/mol. The van der Waals surface area contributed by atoms with Crippen molar-refractivity contribution in [3.63, 3.8) is 0 Å². The number of fused-ring (bicyclic) bond motifs is 1. The minimum Gasteiger partial charge on any atom is -0.384 e. The fraction of sp³-hybridized carbons (Fsp3) is 0.308. The quantitative estimate of drug-likeness (QED) is 0.882.